The normalized spacial score (nSPS) is 11.0. The fourth-order valence-electron chi connectivity index (χ4n) is 3.03. The first-order chi connectivity index (χ1) is 12.7. The maximum Gasteiger partial charge on any atom is 0.162 e. The van der Waals surface area contributed by atoms with E-state index in [4.69, 9.17) is 9.47 Å². The van der Waals surface area contributed by atoms with Gasteiger partial charge in [-0.1, -0.05) is 34.1 Å². The van der Waals surface area contributed by atoms with Crippen LogP contribution in [0.1, 0.15) is 25.0 Å². The number of para-hydroxylation sites is 1. The van der Waals surface area contributed by atoms with E-state index in [0.717, 1.165) is 41.0 Å². The maximum atomic E-state index is 5.72. The van der Waals surface area contributed by atoms with Crippen molar-refractivity contribution in [2.45, 2.75) is 26.8 Å². The Balaban J connectivity index is 1.61. The van der Waals surface area contributed by atoms with Crippen molar-refractivity contribution in [2.24, 2.45) is 0 Å². The maximum absolute atomic E-state index is 5.72. The van der Waals surface area contributed by atoms with E-state index in [2.05, 4.69) is 62.8 Å². The van der Waals surface area contributed by atoms with E-state index in [1.807, 2.05) is 19.9 Å². The van der Waals surface area contributed by atoms with Crippen LogP contribution in [0, 0.1) is 0 Å². The van der Waals surface area contributed by atoms with Gasteiger partial charge in [-0.2, -0.15) is 0 Å². The van der Waals surface area contributed by atoms with Gasteiger partial charge in [-0.15, -0.1) is 0 Å². The smallest absolute Gasteiger partial charge is 0.162 e. The van der Waals surface area contributed by atoms with Gasteiger partial charge in [0.1, 0.15) is 0 Å². The summed E-state index contributed by atoms with van der Waals surface area (Å²) in [5.41, 5.74) is 3.70. The molecular weight excluding hydrogens is 392 g/mol. The van der Waals surface area contributed by atoms with Gasteiger partial charge < -0.3 is 19.8 Å². The molecule has 138 valence electrons. The van der Waals surface area contributed by atoms with E-state index >= 15 is 0 Å². The zero-order valence-electron chi connectivity index (χ0n) is 15.3. The van der Waals surface area contributed by atoms with Gasteiger partial charge in [0.25, 0.3) is 0 Å². The molecule has 1 aromatic heterocycles. The lowest BCUT2D eigenvalue weighted by atomic mass is 10.1. The van der Waals surface area contributed by atoms with E-state index < -0.39 is 0 Å². The molecule has 0 fully saturated rings. The average molecular weight is 417 g/mol. The lowest BCUT2D eigenvalue weighted by molar-refractivity contribution is 0.287. The molecule has 3 aromatic rings. The van der Waals surface area contributed by atoms with Crippen molar-refractivity contribution in [1.82, 2.24) is 10.3 Å². The Bertz CT molecular complexity index is 860. The molecule has 0 amide bonds. The second kappa shape index (κ2) is 9.10. The summed E-state index contributed by atoms with van der Waals surface area (Å²) in [6.45, 7) is 6.88. The Morgan fingerprint density at radius 2 is 1.73 bits per heavy atom. The standard InChI is InChI=1S/C21H25BrN2O2/c1-3-25-20-11-16(18(22)12-21(20)26-4-2)13-23-10-9-15-14-24-19-8-6-5-7-17(15)19/h5-8,11-12,14,23-24H,3-4,9-10,13H2,1-2H3. The minimum absolute atomic E-state index is 0.620. The summed E-state index contributed by atoms with van der Waals surface area (Å²) in [5.74, 6) is 1.58. The molecule has 0 saturated heterocycles. The highest BCUT2D eigenvalue weighted by atomic mass is 79.9. The minimum atomic E-state index is 0.620. The molecule has 2 aromatic carbocycles. The van der Waals surface area contributed by atoms with Crippen LogP contribution in [0.25, 0.3) is 10.9 Å². The predicted octanol–water partition coefficient (Wildman–Crippen LogP) is 5.06. The van der Waals surface area contributed by atoms with Gasteiger partial charge >= 0.3 is 0 Å². The molecule has 5 heteroatoms. The van der Waals surface area contributed by atoms with Gasteiger partial charge in [0.15, 0.2) is 11.5 Å². The van der Waals surface area contributed by atoms with Crippen LogP contribution in [-0.2, 0) is 13.0 Å². The van der Waals surface area contributed by atoms with Gasteiger partial charge in [-0.05, 0) is 56.1 Å². The lowest BCUT2D eigenvalue weighted by Crippen LogP contribution is -2.17. The Morgan fingerprint density at radius 3 is 2.50 bits per heavy atom. The van der Waals surface area contributed by atoms with Crippen LogP contribution in [0.2, 0.25) is 0 Å². The van der Waals surface area contributed by atoms with Crippen LogP contribution in [0.15, 0.2) is 47.1 Å². The third-order valence-corrected chi connectivity index (χ3v) is 5.01. The van der Waals surface area contributed by atoms with E-state index in [1.54, 1.807) is 0 Å². The summed E-state index contributed by atoms with van der Waals surface area (Å²) < 4.78 is 12.4. The molecule has 0 radical (unpaired) electrons. The number of rotatable bonds is 9. The fraction of sp³-hybridized carbons (Fsp3) is 0.333. The fourth-order valence-corrected chi connectivity index (χ4v) is 3.50. The highest BCUT2D eigenvalue weighted by Gasteiger charge is 2.10. The quantitative estimate of drug-likeness (QED) is 0.479. The minimum Gasteiger partial charge on any atom is -0.490 e. The number of ether oxygens (including phenoxy) is 2. The molecule has 3 rings (SSSR count). The molecule has 1 heterocycles. The Kier molecular flexibility index (Phi) is 6.58. The predicted molar refractivity (Wildman–Crippen MR) is 110 cm³/mol. The van der Waals surface area contributed by atoms with Gasteiger partial charge in [-0.25, -0.2) is 0 Å². The molecule has 0 aliphatic heterocycles. The number of H-pyrrole nitrogens is 1. The van der Waals surface area contributed by atoms with E-state index in [1.165, 1.54) is 16.5 Å². The monoisotopic (exact) mass is 416 g/mol. The summed E-state index contributed by atoms with van der Waals surface area (Å²) >= 11 is 3.65. The van der Waals surface area contributed by atoms with Crippen LogP contribution in [0.4, 0.5) is 0 Å². The number of aromatic amines is 1. The molecule has 0 aliphatic rings. The Labute approximate surface area is 163 Å². The first-order valence-corrected chi connectivity index (χ1v) is 9.86. The van der Waals surface area contributed by atoms with Crippen molar-refractivity contribution < 1.29 is 9.47 Å². The largest absolute Gasteiger partial charge is 0.490 e. The van der Waals surface area contributed by atoms with Gasteiger partial charge in [0.05, 0.1) is 13.2 Å². The van der Waals surface area contributed by atoms with Gasteiger partial charge in [0.2, 0.25) is 0 Å². The van der Waals surface area contributed by atoms with Crippen LogP contribution < -0.4 is 14.8 Å². The second-order valence-corrected chi connectivity index (χ2v) is 6.90. The SMILES string of the molecule is CCOc1cc(Br)c(CNCCc2c[nH]c3ccccc23)cc1OCC. The third-order valence-electron chi connectivity index (χ3n) is 4.27. The van der Waals surface area contributed by atoms with Gasteiger partial charge in [-0.3, -0.25) is 0 Å². The van der Waals surface area contributed by atoms with Crippen LogP contribution in [0.5, 0.6) is 11.5 Å². The number of aromatic nitrogens is 1. The summed E-state index contributed by atoms with van der Waals surface area (Å²) in [6.07, 6.45) is 3.09. The van der Waals surface area contributed by atoms with Crippen molar-refractivity contribution in [3.63, 3.8) is 0 Å². The number of halogens is 1. The molecule has 0 bridgehead atoms. The third kappa shape index (κ3) is 4.40. The average Bonchev–Trinajstić information content (AvgIpc) is 3.05. The van der Waals surface area contributed by atoms with Crippen molar-refractivity contribution >= 4 is 26.8 Å². The number of benzene rings is 2. The summed E-state index contributed by atoms with van der Waals surface area (Å²) in [4.78, 5) is 3.33. The molecule has 0 spiro atoms. The van der Waals surface area contributed by atoms with Crippen molar-refractivity contribution in [2.75, 3.05) is 19.8 Å². The lowest BCUT2D eigenvalue weighted by Gasteiger charge is -2.14. The van der Waals surface area contributed by atoms with Crippen LogP contribution in [-0.4, -0.2) is 24.7 Å². The number of nitrogens with one attached hydrogen (secondary N) is 2. The molecule has 4 nitrogen and oxygen atoms in total. The van der Waals surface area contributed by atoms with Crippen LogP contribution >= 0.6 is 15.9 Å². The van der Waals surface area contributed by atoms with Gasteiger partial charge in [0, 0.05) is 28.1 Å². The van der Waals surface area contributed by atoms with E-state index in [0.29, 0.717) is 13.2 Å². The second-order valence-electron chi connectivity index (χ2n) is 6.04. The highest BCUT2D eigenvalue weighted by molar-refractivity contribution is 9.10. The van der Waals surface area contributed by atoms with Crippen molar-refractivity contribution in [3.05, 3.63) is 58.2 Å². The van der Waals surface area contributed by atoms with Crippen molar-refractivity contribution in [3.8, 4) is 11.5 Å². The summed E-state index contributed by atoms with van der Waals surface area (Å²) in [6, 6.07) is 12.5. The summed E-state index contributed by atoms with van der Waals surface area (Å²) in [5, 5.41) is 4.83. The topological polar surface area (TPSA) is 46.3 Å². The first-order valence-electron chi connectivity index (χ1n) is 9.06. The van der Waals surface area contributed by atoms with Crippen LogP contribution in [0.3, 0.4) is 0 Å². The van der Waals surface area contributed by atoms with E-state index in [-0.39, 0.29) is 0 Å². The highest BCUT2D eigenvalue weighted by Crippen LogP contribution is 2.34. The number of hydrogen-bond donors (Lipinski definition) is 2. The Hall–Kier alpha value is -1.98. The molecular formula is C21H25BrN2O2. The van der Waals surface area contributed by atoms with Crippen molar-refractivity contribution in [1.29, 1.82) is 0 Å². The zero-order chi connectivity index (χ0) is 18.4. The number of fused-ring (bicyclic) bond motifs is 1. The molecule has 0 aliphatic carbocycles. The molecule has 2 N–H and O–H groups in total. The molecule has 26 heavy (non-hydrogen) atoms. The molecule has 0 saturated carbocycles. The Morgan fingerprint density at radius 1 is 1.00 bits per heavy atom. The summed E-state index contributed by atoms with van der Waals surface area (Å²) in [7, 11) is 0. The number of hydrogen-bond acceptors (Lipinski definition) is 3. The first kappa shape index (κ1) is 18.8. The molecule has 0 unspecified atom stereocenters. The van der Waals surface area contributed by atoms with E-state index in [9.17, 15) is 0 Å². The molecule has 0 atom stereocenters. The zero-order valence-corrected chi connectivity index (χ0v) is 16.9.